The largest absolute Gasteiger partial charge is 0.469 e. The number of phosphoric ester groups is 1. The summed E-state index contributed by atoms with van der Waals surface area (Å²) in [6, 6.07) is 4.56. The lowest BCUT2D eigenvalue weighted by molar-refractivity contribution is -0.385. The van der Waals surface area contributed by atoms with Crippen molar-refractivity contribution in [3.63, 3.8) is 0 Å². The third kappa shape index (κ3) is 6.88. The zero-order valence-corrected chi connectivity index (χ0v) is 19.2. The van der Waals surface area contributed by atoms with E-state index >= 15 is 0 Å². The van der Waals surface area contributed by atoms with E-state index < -0.39 is 44.0 Å². The third-order valence-electron chi connectivity index (χ3n) is 4.69. The molecule has 0 amide bonds. The fraction of sp³-hybridized carbons (Fsp3) is 0.353. The van der Waals surface area contributed by atoms with Crippen LogP contribution in [-0.2, 0) is 20.4 Å². The summed E-state index contributed by atoms with van der Waals surface area (Å²) in [6.07, 6.45) is -2.80. The minimum atomic E-state index is -4.64. The van der Waals surface area contributed by atoms with Crippen LogP contribution in [0.15, 0.2) is 30.9 Å². The van der Waals surface area contributed by atoms with Gasteiger partial charge in [0.15, 0.2) is 17.8 Å². The number of rotatable bonds is 7. The summed E-state index contributed by atoms with van der Waals surface area (Å²) in [5.41, 5.74) is 1.51. The van der Waals surface area contributed by atoms with Crippen LogP contribution in [0.3, 0.4) is 0 Å². The number of aromatic amines is 1. The van der Waals surface area contributed by atoms with E-state index in [0.29, 0.717) is 27.6 Å². The first-order chi connectivity index (χ1) is 16.5. The van der Waals surface area contributed by atoms with E-state index in [2.05, 4.69) is 34.5 Å². The predicted molar refractivity (Wildman–Crippen MR) is 118 cm³/mol. The standard InChI is InChI=1S/C12H9ClN6O2.C5H11O8P/c13-8-2-1-3-9(19(20)21)7(8)4-14-11-10-12(16-5-15-10)18-6-17-11;6-3-2(1-12-14(9,10)11)13-5(8)4(3)7/h1-3,5-6H,4H2,(H2,14,15,16,17,18);2-8H,1H2,(H2,9,10,11)/t;2-,3-,4-,5?/m.1/s1. The van der Waals surface area contributed by atoms with Crippen molar-refractivity contribution in [2.45, 2.75) is 31.1 Å². The number of aliphatic hydroxyl groups excluding tert-OH is 3. The molecule has 16 nitrogen and oxygen atoms in total. The summed E-state index contributed by atoms with van der Waals surface area (Å²) in [5, 5.41) is 41.4. The maximum Gasteiger partial charge on any atom is 0.469 e. The molecule has 0 spiro atoms. The molecule has 0 bridgehead atoms. The number of hydrogen-bond donors (Lipinski definition) is 7. The molecule has 1 fully saturated rings. The molecule has 1 aromatic carbocycles. The number of nitrogens with zero attached hydrogens (tertiary/aromatic N) is 4. The number of anilines is 1. The number of imidazole rings is 1. The topological polar surface area (TPSA) is 246 Å². The number of phosphoric acid groups is 1. The molecular formula is C17H20ClN6O10P. The van der Waals surface area contributed by atoms with E-state index in [1.165, 1.54) is 18.7 Å². The van der Waals surface area contributed by atoms with Crippen LogP contribution < -0.4 is 5.32 Å². The zero-order valence-electron chi connectivity index (χ0n) is 17.5. The fourth-order valence-corrected chi connectivity index (χ4v) is 3.58. The number of fused-ring (bicyclic) bond motifs is 1. The Bertz CT molecular complexity index is 1230. The quantitative estimate of drug-likeness (QED) is 0.120. The smallest absolute Gasteiger partial charge is 0.387 e. The molecule has 1 saturated heterocycles. The van der Waals surface area contributed by atoms with Gasteiger partial charge in [-0.05, 0) is 6.07 Å². The lowest BCUT2D eigenvalue weighted by Gasteiger charge is -2.14. The number of hydrogen-bond acceptors (Lipinski definition) is 12. The van der Waals surface area contributed by atoms with Crippen molar-refractivity contribution < 1.29 is 43.9 Å². The maximum atomic E-state index is 11.0. The SMILES string of the molecule is O=P(O)(O)OC[C@H]1OC(O)[C@H](O)[C@@H]1O.O=[N+]([O-])c1cccc(Cl)c1CNc1ncnc2nc[nH]c12. The van der Waals surface area contributed by atoms with E-state index in [-0.39, 0.29) is 12.2 Å². The molecule has 1 unspecified atom stereocenters. The molecule has 190 valence electrons. The first-order valence-corrected chi connectivity index (χ1v) is 11.6. The summed E-state index contributed by atoms with van der Waals surface area (Å²) >= 11 is 6.04. The van der Waals surface area contributed by atoms with Gasteiger partial charge in [-0.15, -0.1) is 0 Å². The summed E-state index contributed by atoms with van der Waals surface area (Å²) in [4.78, 5) is 42.2. The minimum absolute atomic E-state index is 0.0371. The second-order valence-corrected chi connectivity index (χ2v) is 8.65. The van der Waals surface area contributed by atoms with Crippen LogP contribution in [0.25, 0.3) is 11.2 Å². The Balaban J connectivity index is 0.000000214. The molecule has 2 aromatic heterocycles. The number of H-pyrrole nitrogens is 1. The monoisotopic (exact) mass is 534 g/mol. The molecule has 0 saturated carbocycles. The summed E-state index contributed by atoms with van der Waals surface area (Å²) in [5.74, 6) is 0.506. The van der Waals surface area contributed by atoms with Crippen LogP contribution in [0.1, 0.15) is 5.56 Å². The van der Waals surface area contributed by atoms with Crippen molar-refractivity contribution >= 4 is 42.1 Å². The molecule has 0 aliphatic carbocycles. The van der Waals surface area contributed by atoms with Crippen LogP contribution in [0.4, 0.5) is 11.5 Å². The van der Waals surface area contributed by atoms with Crippen molar-refractivity contribution in [2.24, 2.45) is 0 Å². The van der Waals surface area contributed by atoms with Gasteiger partial charge in [-0.25, -0.2) is 19.5 Å². The summed E-state index contributed by atoms with van der Waals surface area (Å²) < 4.78 is 18.9. The minimum Gasteiger partial charge on any atom is -0.387 e. The van der Waals surface area contributed by atoms with E-state index in [1.807, 2.05) is 0 Å². The number of nitro groups is 1. The molecule has 1 aliphatic heterocycles. The molecule has 18 heteroatoms. The van der Waals surface area contributed by atoms with Crippen molar-refractivity contribution in [3.05, 3.63) is 51.6 Å². The lowest BCUT2D eigenvalue weighted by atomic mass is 10.1. The molecule has 4 atom stereocenters. The van der Waals surface area contributed by atoms with Gasteiger partial charge in [0.05, 0.1) is 28.4 Å². The number of aromatic nitrogens is 4. The Morgan fingerprint density at radius 1 is 1.23 bits per heavy atom. The summed E-state index contributed by atoms with van der Waals surface area (Å²) in [6.45, 7) is -0.444. The number of benzene rings is 1. The van der Waals surface area contributed by atoms with Gasteiger partial charge < -0.3 is 40.1 Å². The Kier molecular flexibility index (Phi) is 8.65. The van der Waals surface area contributed by atoms with E-state index in [0.717, 1.165) is 0 Å². The average molecular weight is 535 g/mol. The van der Waals surface area contributed by atoms with Crippen molar-refractivity contribution in [2.75, 3.05) is 11.9 Å². The normalized spacial score (nSPS) is 22.0. The highest BCUT2D eigenvalue weighted by atomic mass is 35.5. The fourth-order valence-electron chi connectivity index (χ4n) is 3.00. The number of aliphatic hydroxyl groups is 3. The highest BCUT2D eigenvalue weighted by Crippen LogP contribution is 2.37. The van der Waals surface area contributed by atoms with E-state index in [1.54, 1.807) is 12.1 Å². The van der Waals surface area contributed by atoms with Crippen molar-refractivity contribution in [3.8, 4) is 0 Å². The molecule has 7 N–H and O–H groups in total. The Morgan fingerprint density at radius 3 is 2.60 bits per heavy atom. The third-order valence-corrected chi connectivity index (χ3v) is 5.53. The molecule has 0 radical (unpaired) electrons. The Morgan fingerprint density at radius 2 is 1.97 bits per heavy atom. The second kappa shape index (κ2) is 11.3. The summed E-state index contributed by atoms with van der Waals surface area (Å²) in [7, 11) is -4.64. The predicted octanol–water partition coefficient (Wildman–Crippen LogP) is 0.0613. The van der Waals surface area contributed by atoms with Gasteiger partial charge in [0.1, 0.15) is 30.2 Å². The molecular weight excluding hydrogens is 515 g/mol. The average Bonchev–Trinajstić information content (AvgIpc) is 3.37. The van der Waals surface area contributed by atoms with Crippen LogP contribution in [0, 0.1) is 10.1 Å². The molecule has 35 heavy (non-hydrogen) atoms. The highest BCUT2D eigenvalue weighted by molar-refractivity contribution is 7.46. The zero-order chi connectivity index (χ0) is 25.8. The van der Waals surface area contributed by atoms with E-state index in [4.69, 9.17) is 36.7 Å². The van der Waals surface area contributed by atoms with Gasteiger partial charge in [-0.3, -0.25) is 14.6 Å². The molecule has 4 rings (SSSR count). The lowest BCUT2D eigenvalue weighted by Crippen LogP contribution is -2.34. The number of halogens is 1. The Labute approximate surface area is 200 Å². The van der Waals surface area contributed by atoms with Gasteiger partial charge in [0.2, 0.25) is 0 Å². The second-order valence-electron chi connectivity index (χ2n) is 7.00. The van der Waals surface area contributed by atoms with Crippen LogP contribution in [0.5, 0.6) is 0 Å². The first kappa shape index (κ1) is 26.8. The Hall–Kier alpha value is -2.79. The number of ether oxygens (including phenoxy) is 1. The van der Waals surface area contributed by atoms with Gasteiger partial charge >= 0.3 is 7.82 Å². The van der Waals surface area contributed by atoms with Crippen LogP contribution in [-0.4, -0.2) is 81.2 Å². The first-order valence-electron chi connectivity index (χ1n) is 9.67. The van der Waals surface area contributed by atoms with Gasteiger partial charge in [0.25, 0.3) is 5.69 Å². The van der Waals surface area contributed by atoms with Crippen LogP contribution >= 0.6 is 19.4 Å². The maximum absolute atomic E-state index is 11.0. The number of nitrogens with one attached hydrogen (secondary N) is 2. The highest BCUT2D eigenvalue weighted by Gasteiger charge is 2.42. The van der Waals surface area contributed by atoms with Crippen molar-refractivity contribution in [1.29, 1.82) is 0 Å². The molecule has 1 aliphatic rings. The van der Waals surface area contributed by atoms with Gasteiger partial charge in [0, 0.05) is 12.6 Å². The number of nitro benzene ring substituents is 1. The van der Waals surface area contributed by atoms with Gasteiger partial charge in [-0.2, -0.15) is 0 Å². The van der Waals surface area contributed by atoms with Crippen molar-refractivity contribution in [1.82, 2.24) is 19.9 Å². The van der Waals surface area contributed by atoms with E-state index in [9.17, 15) is 14.7 Å². The van der Waals surface area contributed by atoms with Gasteiger partial charge in [-0.1, -0.05) is 17.7 Å². The molecule has 3 heterocycles. The molecule has 3 aromatic rings. The van der Waals surface area contributed by atoms with Crippen LogP contribution in [0.2, 0.25) is 5.02 Å².